The number of carboxylic acid groups (broad SMARTS) is 2. The highest BCUT2D eigenvalue weighted by molar-refractivity contribution is 5.79. The first-order valence-electron chi connectivity index (χ1n) is 13.9. The summed E-state index contributed by atoms with van der Waals surface area (Å²) in [5.41, 5.74) is 3.14. The summed E-state index contributed by atoms with van der Waals surface area (Å²) in [7, 11) is 0. The van der Waals surface area contributed by atoms with Gasteiger partial charge in [-0.3, -0.25) is 9.69 Å². The number of ether oxygens (including phenoxy) is 1. The fourth-order valence-corrected chi connectivity index (χ4v) is 4.60. The Morgan fingerprint density at radius 1 is 0.762 bits per heavy atom. The van der Waals surface area contributed by atoms with Crippen molar-refractivity contribution in [3.05, 3.63) is 107 Å². The molecule has 3 N–H and O–H groups in total. The molecule has 8 nitrogen and oxygen atoms in total. The third kappa shape index (κ3) is 11.7. The SMILES string of the molecule is Fc1ccc(C(OCCN2CCN(CCCc3ccccc3)CC2)c2ccc(F)cc2)cc1.O=C(O)CC(O)C(=O)O. The summed E-state index contributed by atoms with van der Waals surface area (Å²) in [6.45, 7) is 6.77. The summed E-state index contributed by atoms with van der Waals surface area (Å²) in [6.07, 6.45) is -0.573. The third-order valence-electron chi connectivity index (χ3n) is 6.94. The molecule has 0 radical (unpaired) electrons. The minimum absolute atomic E-state index is 0.279. The van der Waals surface area contributed by atoms with Crippen molar-refractivity contribution >= 4 is 11.9 Å². The lowest BCUT2D eigenvalue weighted by Crippen LogP contribution is -2.47. The Hall–Kier alpha value is -3.70. The van der Waals surface area contributed by atoms with Crippen molar-refractivity contribution in [3.63, 3.8) is 0 Å². The number of aryl methyl sites for hydroxylation is 1. The van der Waals surface area contributed by atoms with E-state index in [1.54, 1.807) is 24.3 Å². The van der Waals surface area contributed by atoms with Gasteiger partial charge in [0.05, 0.1) is 13.0 Å². The molecule has 226 valence electrons. The predicted molar refractivity (Wildman–Crippen MR) is 154 cm³/mol. The number of aliphatic hydroxyl groups excluding tert-OH is 1. The van der Waals surface area contributed by atoms with E-state index in [0.29, 0.717) is 6.61 Å². The van der Waals surface area contributed by atoms with Crippen molar-refractivity contribution in [2.24, 2.45) is 0 Å². The molecule has 0 aromatic heterocycles. The molecule has 3 aromatic rings. The van der Waals surface area contributed by atoms with Crippen LogP contribution in [0.1, 0.15) is 35.6 Å². The van der Waals surface area contributed by atoms with E-state index < -0.39 is 24.5 Å². The molecular formula is C32H38F2N2O6. The van der Waals surface area contributed by atoms with Gasteiger partial charge in [0, 0.05) is 32.7 Å². The quantitative estimate of drug-likeness (QED) is 0.274. The summed E-state index contributed by atoms with van der Waals surface area (Å²) in [4.78, 5) is 24.4. The zero-order valence-electron chi connectivity index (χ0n) is 23.4. The number of piperazine rings is 1. The van der Waals surface area contributed by atoms with Crippen LogP contribution in [0.25, 0.3) is 0 Å². The van der Waals surface area contributed by atoms with Gasteiger partial charge in [-0.15, -0.1) is 0 Å². The monoisotopic (exact) mass is 584 g/mol. The summed E-state index contributed by atoms with van der Waals surface area (Å²) in [5, 5.41) is 24.1. The van der Waals surface area contributed by atoms with Gasteiger partial charge in [0.1, 0.15) is 17.7 Å². The summed E-state index contributed by atoms with van der Waals surface area (Å²) >= 11 is 0. The second kappa shape index (κ2) is 17.3. The maximum absolute atomic E-state index is 13.4. The zero-order valence-corrected chi connectivity index (χ0v) is 23.4. The lowest BCUT2D eigenvalue weighted by atomic mass is 10.0. The number of aliphatic carboxylic acids is 2. The first-order chi connectivity index (χ1) is 20.2. The lowest BCUT2D eigenvalue weighted by Gasteiger charge is -2.35. The molecule has 1 unspecified atom stereocenters. The van der Waals surface area contributed by atoms with Crippen LogP contribution in [0.3, 0.4) is 0 Å². The lowest BCUT2D eigenvalue weighted by molar-refractivity contribution is -0.152. The van der Waals surface area contributed by atoms with Crippen molar-refractivity contribution < 1.29 is 38.4 Å². The Labute approximate surface area is 244 Å². The van der Waals surface area contributed by atoms with E-state index >= 15 is 0 Å². The largest absolute Gasteiger partial charge is 0.481 e. The van der Waals surface area contributed by atoms with Crippen LogP contribution in [-0.2, 0) is 20.7 Å². The van der Waals surface area contributed by atoms with E-state index in [4.69, 9.17) is 20.1 Å². The number of carbonyl (C=O) groups is 2. The van der Waals surface area contributed by atoms with Crippen molar-refractivity contribution in [3.8, 4) is 0 Å². The van der Waals surface area contributed by atoms with Crippen LogP contribution in [0, 0.1) is 11.6 Å². The summed E-state index contributed by atoms with van der Waals surface area (Å²) in [6, 6.07) is 23.3. The molecule has 42 heavy (non-hydrogen) atoms. The van der Waals surface area contributed by atoms with Crippen LogP contribution >= 0.6 is 0 Å². The van der Waals surface area contributed by atoms with Gasteiger partial charge in [-0.05, 0) is 60.3 Å². The van der Waals surface area contributed by atoms with Crippen LogP contribution in [-0.4, -0.2) is 89.0 Å². The number of hydrogen-bond donors (Lipinski definition) is 3. The zero-order chi connectivity index (χ0) is 30.3. The molecule has 1 atom stereocenters. The van der Waals surface area contributed by atoms with Crippen molar-refractivity contribution in [1.82, 2.24) is 9.80 Å². The van der Waals surface area contributed by atoms with Gasteiger partial charge in [-0.1, -0.05) is 54.6 Å². The second-order valence-electron chi connectivity index (χ2n) is 10.1. The smallest absolute Gasteiger partial charge is 0.333 e. The molecule has 0 bridgehead atoms. The highest BCUT2D eigenvalue weighted by Crippen LogP contribution is 2.26. The molecule has 3 aromatic carbocycles. The topological polar surface area (TPSA) is 111 Å². The molecule has 10 heteroatoms. The molecule has 1 aliphatic heterocycles. The van der Waals surface area contributed by atoms with E-state index in [1.807, 2.05) is 0 Å². The van der Waals surface area contributed by atoms with Gasteiger partial charge >= 0.3 is 11.9 Å². The molecule has 1 fully saturated rings. The van der Waals surface area contributed by atoms with E-state index in [1.165, 1.54) is 36.2 Å². The number of rotatable bonds is 13. The molecule has 0 amide bonds. The molecule has 0 saturated carbocycles. The van der Waals surface area contributed by atoms with E-state index in [0.717, 1.165) is 56.8 Å². The first kappa shape index (κ1) is 32.8. The molecule has 4 rings (SSSR count). The number of nitrogens with zero attached hydrogens (tertiary/aromatic N) is 2. The predicted octanol–water partition coefficient (Wildman–Crippen LogP) is 4.23. The van der Waals surface area contributed by atoms with Crippen LogP contribution in [0.4, 0.5) is 8.78 Å². The summed E-state index contributed by atoms with van der Waals surface area (Å²) in [5.74, 6) is -3.40. The Bertz CT molecular complexity index is 1170. The van der Waals surface area contributed by atoms with Crippen molar-refractivity contribution in [2.45, 2.75) is 31.5 Å². The number of hydrogen-bond acceptors (Lipinski definition) is 6. The van der Waals surface area contributed by atoms with Crippen LogP contribution < -0.4 is 0 Å². The van der Waals surface area contributed by atoms with Gasteiger partial charge in [-0.2, -0.15) is 0 Å². The number of carboxylic acids is 2. The minimum Gasteiger partial charge on any atom is -0.481 e. The Balaban J connectivity index is 0.000000467. The molecular weight excluding hydrogens is 546 g/mol. The van der Waals surface area contributed by atoms with Gasteiger partial charge in [0.25, 0.3) is 0 Å². The summed E-state index contributed by atoms with van der Waals surface area (Å²) < 4.78 is 33.0. The maximum Gasteiger partial charge on any atom is 0.333 e. The van der Waals surface area contributed by atoms with Gasteiger partial charge < -0.3 is 25.0 Å². The van der Waals surface area contributed by atoms with E-state index in [9.17, 15) is 18.4 Å². The van der Waals surface area contributed by atoms with E-state index in [2.05, 4.69) is 40.1 Å². The fourth-order valence-electron chi connectivity index (χ4n) is 4.60. The number of aliphatic hydroxyl groups is 1. The Morgan fingerprint density at radius 2 is 1.26 bits per heavy atom. The molecule has 1 aliphatic rings. The van der Waals surface area contributed by atoms with Gasteiger partial charge in [0.2, 0.25) is 0 Å². The van der Waals surface area contributed by atoms with Gasteiger partial charge in [-0.25, -0.2) is 13.6 Å². The molecule has 1 heterocycles. The Morgan fingerprint density at radius 3 is 1.71 bits per heavy atom. The normalized spacial score (nSPS) is 14.7. The third-order valence-corrected chi connectivity index (χ3v) is 6.94. The van der Waals surface area contributed by atoms with Crippen LogP contribution in [0.5, 0.6) is 0 Å². The first-order valence-corrected chi connectivity index (χ1v) is 13.9. The fraction of sp³-hybridized carbons (Fsp3) is 0.375. The number of benzene rings is 3. The maximum atomic E-state index is 13.4. The average molecular weight is 585 g/mol. The molecule has 0 aliphatic carbocycles. The van der Waals surface area contributed by atoms with Crippen LogP contribution in [0.2, 0.25) is 0 Å². The van der Waals surface area contributed by atoms with Crippen LogP contribution in [0.15, 0.2) is 78.9 Å². The Kier molecular flexibility index (Phi) is 13.5. The molecule has 0 spiro atoms. The number of halogens is 2. The molecule has 1 saturated heterocycles. The minimum atomic E-state index is -1.79. The standard InChI is InChI=1S/C28H32F2N2O.C4H6O5/c29-26-12-8-24(9-13-26)28(25-10-14-27(30)15-11-25)33-22-21-32-19-17-31(18-20-32)16-4-7-23-5-2-1-3-6-23;5-2(4(8)9)1-3(6)7/h1-3,5-6,8-15,28H,4,7,16-22H2;2,5H,1H2,(H,6,7)(H,8,9). The second-order valence-corrected chi connectivity index (χ2v) is 10.1. The van der Waals surface area contributed by atoms with Crippen molar-refractivity contribution in [2.75, 3.05) is 45.9 Å². The van der Waals surface area contributed by atoms with Gasteiger partial charge in [0.15, 0.2) is 6.10 Å². The highest BCUT2D eigenvalue weighted by atomic mass is 19.1. The van der Waals surface area contributed by atoms with E-state index in [-0.39, 0.29) is 17.7 Å². The highest BCUT2D eigenvalue weighted by Gasteiger charge is 2.19. The average Bonchev–Trinajstić information content (AvgIpc) is 2.98. The van der Waals surface area contributed by atoms with Crippen molar-refractivity contribution in [1.29, 1.82) is 0 Å².